The molecule has 2 aromatic heterocycles. The molecule has 0 aromatic carbocycles. The lowest BCUT2D eigenvalue weighted by atomic mass is 10.4. The molecule has 0 aliphatic heterocycles. The van der Waals surface area contributed by atoms with Crippen LogP contribution >= 0.6 is 11.3 Å². The zero-order valence-electron chi connectivity index (χ0n) is 9.88. The average molecular weight is 251 g/mol. The number of nitrogens with zero attached hydrogens (tertiary/aromatic N) is 3. The van der Waals surface area contributed by atoms with Gasteiger partial charge in [-0.15, -0.1) is 11.3 Å². The van der Waals surface area contributed by atoms with Gasteiger partial charge in [0, 0.05) is 17.8 Å². The average Bonchev–Trinajstić information content (AvgIpc) is 2.95. The highest BCUT2D eigenvalue weighted by Gasteiger charge is 2.13. The van der Waals surface area contributed by atoms with Crippen molar-refractivity contribution < 1.29 is 9.53 Å². The molecule has 0 radical (unpaired) electrons. The lowest BCUT2D eigenvalue weighted by Crippen LogP contribution is -1.99. The molecule has 0 aliphatic rings. The van der Waals surface area contributed by atoms with Crippen molar-refractivity contribution in [2.75, 3.05) is 7.11 Å². The van der Waals surface area contributed by atoms with Crippen LogP contribution in [0.1, 0.15) is 29.6 Å². The maximum absolute atomic E-state index is 11.3. The van der Waals surface area contributed by atoms with E-state index in [1.54, 1.807) is 6.20 Å². The Morgan fingerprint density at radius 2 is 2.24 bits per heavy atom. The van der Waals surface area contributed by atoms with Gasteiger partial charge in [-0.25, -0.2) is 9.78 Å². The van der Waals surface area contributed by atoms with E-state index in [4.69, 9.17) is 0 Å². The van der Waals surface area contributed by atoms with Crippen LogP contribution in [0.25, 0.3) is 10.6 Å². The highest BCUT2D eigenvalue weighted by atomic mass is 32.1. The molecule has 0 N–H and O–H groups in total. The Bertz CT molecular complexity index is 530. The summed E-state index contributed by atoms with van der Waals surface area (Å²) in [4.78, 5) is 16.0. The smallest absolute Gasteiger partial charge is 0.349 e. The van der Waals surface area contributed by atoms with Crippen LogP contribution in [0.2, 0.25) is 0 Å². The highest BCUT2D eigenvalue weighted by molar-refractivity contribution is 7.16. The van der Waals surface area contributed by atoms with Crippen molar-refractivity contribution in [2.24, 2.45) is 0 Å². The van der Waals surface area contributed by atoms with Crippen LogP contribution in [0.4, 0.5) is 0 Å². The standard InChI is InChI=1S/C11H13N3O2S/c1-7(2)14-6-8(4-13-14)10-12-5-9(17-10)11(15)16-3/h4-7H,1-3H3. The Morgan fingerprint density at radius 1 is 1.47 bits per heavy atom. The highest BCUT2D eigenvalue weighted by Crippen LogP contribution is 2.25. The Kier molecular flexibility index (Phi) is 3.23. The summed E-state index contributed by atoms with van der Waals surface area (Å²) in [5, 5.41) is 5.01. The maximum Gasteiger partial charge on any atom is 0.349 e. The molecular formula is C11H13N3O2S. The van der Waals surface area contributed by atoms with Crippen molar-refractivity contribution in [1.82, 2.24) is 14.8 Å². The SMILES string of the molecule is COC(=O)c1cnc(-c2cnn(C(C)C)c2)s1. The Labute approximate surface area is 103 Å². The molecule has 0 saturated carbocycles. The number of thiazole rings is 1. The number of aromatic nitrogens is 3. The number of rotatable bonds is 3. The molecule has 0 saturated heterocycles. The summed E-state index contributed by atoms with van der Waals surface area (Å²) in [7, 11) is 1.36. The van der Waals surface area contributed by atoms with Crippen molar-refractivity contribution in [2.45, 2.75) is 19.9 Å². The second-order valence-electron chi connectivity index (χ2n) is 3.82. The van der Waals surface area contributed by atoms with E-state index >= 15 is 0 Å². The zero-order valence-corrected chi connectivity index (χ0v) is 10.7. The minimum absolute atomic E-state index is 0.309. The normalized spacial score (nSPS) is 10.8. The van der Waals surface area contributed by atoms with E-state index in [2.05, 4.69) is 28.7 Å². The molecule has 2 rings (SSSR count). The van der Waals surface area contributed by atoms with E-state index in [9.17, 15) is 4.79 Å². The van der Waals surface area contributed by atoms with Gasteiger partial charge in [0.25, 0.3) is 0 Å². The second kappa shape index (κ2) is 4.67. The molecule has 2 aromatic rings. The van der Waals surface area contributed by atoms with Crippen LogP contribution in [0.5, 0.6) is 0 Å². The molecule has 0 spiro atoms. The van der Waals surface area contributed by atoms with Crippen LogP contribution < -0.4 is 0 Å². The van der Waals surface area contributed by atoms with Crippen LogP contribution in [-0.4, -0.2) is 27.8 Å². The fraction of sp³-hybridized carbons (Fsp3) is 0.364. The summed E-state index contributed by atoms with van der Waals surface area (Å²) >= 11 is 1.30. The molecule has 0 atom stereocenters. The number of carbonyl (C=O) groups excluding carboxylic acids is 1. The first kappa shape index (κ1) is 11.8. The third-order valence-corrected chi connectivity index (χ3v) is 3.30. The minimum atomic E-state index is -0.356. The van der Waals surface area contributed by atoms with E-state index in [0.29, 0.717) is 10.9 Å². The third kappa shape index (κ3) is 2.36. The number of methoxy groups -OCH3 is 1. The minimum Gasteiger partial charge on any atom is -0.465 e. The van der Waals surface area contributed by atoms with Crippen molar-refractivity contribution in [3.8, 4) is 10.6 Å². The first-order chi connectivity index (χ1) is 8.11. The number of carbonyl (C=O) groups is 1. The number of hydrogen-bond acceptors (Lipinski definition) is 5. The van der Waals surface area contributed by atoms with E-state index in [-0.39, 0.29) is 5.97 Å². The van der Waals surface area contributed by atoms with Crippen LogP contribution in [0.15, 0.2) is 18.6 Å². The van der Waals surface area contributed by atoms with Gasteiger partial charge >= 0.3 is 5.97 Å². The predicted molar refractivity (Wildman–Crippen MR) is 65.1 cm³/mol. The van der Waals surface area contributed by atoms with Gasteiger partial charge in [0.1, 0.15) is 9.88 Å². The quantitative estimate of drug-likeness (QED) is 0.786. The van der Waals surface area contributed by atoms with Crippen molar-refractivity contribution in [3.63, 3.8) is 0 Å². The van der Waals surface area contributed by atoms with Crippen LogP contribution in [-0.2, 0) is 4.74 Å². The first-order valence-corrected chi connectivity index (χ1v) is 6.02. The van der Waals surface area contributed by atoms with E-state index in [1.165, 1.54) is 24.6 Å². The summed E-state index contributed by atoms with van der Waals surface area (Å²) in [5.41, 5.74) is 0.916. The van der Waals surface area contributed by atoms with Crippen LogP contribution in [0.3, 0.4) is 0 Å². The Hall–Kier alpha value is -1.69. The number of hydrogen-bond donors (Lipinski definition) is 0. The summed E-state index contributed by atoms with van der Waals surface area (Å²) in [6.45, 7) is 4.11. The molecule has 0 aliphatic carbocycles. The van der Waals surface area contributed by atoms with Crippen LogP contribution in [0, 0.1) is 0 Å². The van der Waals surface area contributed by atoms with Crippen molar-refractivity contribution in [1.29, 1.82) is 0 Å². The molecule has 6 heteroatoms. The molecule has 0 bridgehead atoms. The summed E-state index contributed by atoms with van der Waals surface area (Å²) in [5.74, 6) is -0.356. The topological polar surface area (TPSA) is 57.0 Å². The van der Waals surface area contributed by atoms with Gasteiger partial charge in [-0.2, -0.15) is 5.10 Å². The second-order valence-corrected chi connectivity index (χ2v) is 4.85. The van der Waals surface area contributed by atoms with Gasteiger partial charge in [-0.3, -0.25) is 4.68 Å². The van der Waals surface area contributed by atoms with Crippen molar-refractivity contribution in [3.05, 3.63) is 23.5 Å². The summed E-state index contributed by atoms with van der Waals surface area (Å²) < 4.78 is 6.50. The number of ether oxygens (including phenoxy) is 1. The molecular weight excluding hydrogens is 238 g/mol. The molecule has 0 amide bonds. The van der Waals surface area contributed by atoms with Gasteiger partial charge in [-0.1, -0.05) is 0 Å². The summed E-state index contributed by atoms with van der Waals surface area (Å²) in [6.07, 6.45) is 5.20. The Morgan fingerprint density at radius 3 is 2.82 bits per heavy atom. The lowest BCUT2D eigenvalue weighted by Gasteiger charge is -2.02. The van der Waals surface area contributed by atoms with Gasteiger partial charge in [0.2, 0.25) is 0 Å². The number of esters is 1. The van der Waals surface area contributed by atoms with Crippen molar-refractivity contribution >= 4 is 17.3 Å². The molecule has 0 fully saturated rings. The van der Waals surface area contributed by atoms with Gasteiger partial charge < -0.3 is 4.74 Å². The third-order valence-electron chi connectivity index (χ3n) is 2.27. The summed E-state index contributed by atoms with van der Waals surface area (Å²) in [6, 6.07) is 0.309. The maximum atomic E-state index is 11.3. The first-order valence-electron chi connectivity index (χ1n) is 5.20. The molecule has 2 heterocycles. The van der Waals surface area contributed by atoms with E-state index in [0.717, 1.165) is 10.6 Å². The van der Waals surface area contributed by atoms with Gasteiger partial charge in [0.05, 0.1) is 19.5 Å². The van der Waals surface area contributed by atoms with Gasteiger partial charge in [-0.05, 0) is 13.8 Å². The lowest BCUT2D eigenvalue weighted by molar-refractivity contribution is 0.0606. The predicted octanol–water partition coefficient (Wildman–Crippen LogP) is 2.37. The molecule has 5 nitrogen and oxygen atoms in total. The fourth-order valence-electron chi connectivity index (χ4n) is 1.33. The molecule has 90 valence electrons. The van der Waals surface area contributed by atoms with E-state index < -0.39 is 0 Å². The Balaban J connectivity index is 2.27. The zero-order chi connectivity index (χ0) is 12.4. The van der Waals surface area contributed by atoms with Gasteiger partial charge in [0.15, 0.2) is 0 Å². The fourth-order valence-corrected chi connectivity index (χ4v) is 2.14. The molecule has 0 unspecified atom stereocenters. The largest absolute Gasteiger partial charge is 0.465 e. The van der Waals surface area contributed by atoms with E-state index in [1.807, 2.05) is 10.9 Å². The monoisotopic (exact) mass is 251 g/mol. The molecule has 17 heavy (non-hydrogen) atoms.